The molecule has 2 aliphatic rings. The van der Waals surface area contributed by atoms with Crippen molar-refractivity contribution < 1.29 is 4.79 Å². The van der Waals surface area contributed by atoms with Crippen LogP contribution in [-0.4, -0.2) is 46.8 Å². The van der Waals surface area contributed by atoms with Gasteiger partial charge >= 0.3 is 0 Å². The molecule has 1 saturated heterocycles. The van der Waals surface area contributed by atoms with Crippen molar-refractivity contribution in [2.24, 2.45) is 0 Å². The third-order valence-corrected chi connectivity index (χ3v) is 5.47. The standard InChI is InChI=1S/C18H30N4O/c1-3-22-16-10-9-14(21-11-7-5-4-6-8-12-21)13-15(16)17(20-22)18(23)19-2/h14H,3-13H2,1-2H3,(H,19,23). The average Bonchev–Trinajstić information content (AvgIpc) is 2.92. The maximum absolute atomic E-state index is 12.2. The molecule has 0 bridgehead atoms. The van der Waals surface area contributed by atoms with E-state index in [1.54, 1.807) is 7.05 Å². The summed E-state index contributed by atoms with van der Waals surface area (Å²) in [7, 11) is 1.69. The van der Waals surface area contributed by atoms with E-state index in [0.717, 1.165) is 19.4 Å². The summed E-state index contributed by atoms with van der Waals surface area (Å²) in [5.74, 6) is -0.0400. The Hall–Kier alpha value is -1.36. The van der Waals surface area contributed by atoms with Crippen LogP contribution >= 0.6 is 0 Å². The molecule has 3 rings (SSSR count). The molecule has 0 radical (unpaired) electrons. The minimum Gasteiger partial charge on any atom is -0.354 e. The van der Waals surface area contributed by atoms with E-state index in [-0.39, 0.29) is 5.91 Å². The minimum atomic E-state index is -0.0400. The van der Waals surface area contributed by atoms with Crippen molar-refractivity contribution in [3.05, 3.63) is 17.0 Å². The first-order valence-corrected chi connectivity index (χ1v) is 9.29. The fourth-order valence-electron chi connectivity index (χ4n) is 4.18. The molecule has 2 heterocycles. The molecule has 0 spiro atoms. The summed E-state index contributed by atoms with van der Waals surface area (Å²) in [6, 6.07) is 0.582. The van der Waals surface area contributed by atoms with Gasteiger partial charge in [-0.1, -0.05) is 19.3 Å². The molecule has 5 heteroatoms. The minimum absolute atomic E-state index is 0.0400. The summed E-state index contributed by atoms with van der Waals surface area (Å²) >= 11 is 0. The Kier molecular flexibility index (Phi) is 5.36. The van der Waals surface area contributed by atoms with E-state index in [9.17, 15) is 4.79 Å². The van der Waals surface area contributed by atoms with Gasteiger partial charge in [-0.15, -0.1) is 0 Å². The second-order valence-corrected chi connectivity index (χ2v) is 6.87. The number of nitrogens with one attached hydrogen (secondary N) is 1. The van der Waals surface area contributed by atoms with Gasteiger partial charge in [0.15, 0.2) is 5.69 Å². The lowest BCUT2D eigenvalue weighted by atomic mass is 9.89. The molecule has 1 fully saturated rings. The normalized spacial score (nSPS) is 23.0. The van der Waals surface area contributed by atoms with Gasteiger partial charge in [0.05, 0.1) is 0 Å². The van der Waals surface area contributed by atoms with E-state index in [0.29, 0.717) is 11.7 Å². The van der Waals surface area contributed by atoms with Crippen LogP contribution in [0, 0.1) is 0 Å². The third kappa shape index (κ3) is 3.44. The highest BCUT2D eigenvalue weighted by Crippen LogP contribution is 2.28. The maximum Gasteiger partial charge on any atom is 0.271 e. The zero-order chi connectivity index (χ0) is 16.2. The van der Waals surface area contributed by atoms with Crippen molar-refractivity contribution in [1.82, 2.24) is 20.0 Å². The van der Waals surface area contributed by atoms with Crippen molar-refractivity contribution >= 4 is 5.91 Å². The molecule has 1 aromatic heterocycles. The van der Waals surface area contributed by atoms with Gasteiger partial charge in [0.1, 0.15) is 0 Å². The third-order valence-electron chi connectivity index (χ3n) is 5.47. The highest BCUT2D eigenvalue weighted by molar-refractivity contribution is 5.93. The fraction of sp³-hybridized carbons (Fsp3) is 0.778. The molecule has 1 unspecified atom stereocenters. The quantitative estimate of drug-likeness (QED) is 0.931. The van der Waals surface area contributed by atoms with E-state index < -0.39 is 0 Å². The molecular weight excluding hydrogens is 288 g/mol. The maximum atomic E-state index is 12.2. The number of likely N-dealkylation sites (tertiary alicyclic amines) is 1. The van der Waals surface area contributed by atoms with Crippen molar-refractivity contribution in [2.45, 2.75) is 70.9 Å². The van der Waals surface area contributed by atoms with E-state index in [1.807, 2.05) is 4.68 Å². The van der Waals surface area contributed by atoms with Crippen LogP contribution in [-0.2, 0) is 19.4 Å². The molecule has 0 aromatic carbocycles. The zero-order valence-corrected chi connectivity index (χ0v) is 14.6. The Bertz CT molecular complexity index is 543. The number of rotatable bonds is 3. The van der Waals surface area contributed by atoms with E-state index in [2.05, 4.69) is 22.2 Å². The Labute approximate surface area is 139 Å². The summed E-state index contributed by atoms with van der Waals surface area (Å²) in [5.41, 5.74) is 3.14. The highest BCUT2D eigenvalue weighted by Gasteiger charge is 2.31. The van der Waals surface area contributed by atoms with Crippen LogP contribution < -0.4 is 5.32 Å². The lowest BCUT2D eigenvalue weighted by molar-refractivity contribution is 0.0955. The van der Waals surface area contributed by atoms with Crippen molar-refractivity contribution in [3.63, 3.8) is 0 Å². The Morgan fingerprint density at radius 2 is 1.91 bits per heavy atom. The van der Waals surface area contributed by atoms with Gasteiger partial charge in [-0.3, -0.25) is 9.48 Å². The summed E-state index contributed by atoms with van der Waals surface area (Å²) in [5, 5.41) is 7.33. The first-order chi connectivity index (χ1) is 11.2. The zero-order valence-electron chi connectivity index (χ0n) is 14.6. The van der Waals surface area contributed by atoms with Crippen LogP contribution in [0.25, 0.3) is 0 Å². The van der Waals surface area contributed by atoms with Gasteiger partial charge in [0, 0.05) is 30.9 Å². The fourth-order valence-corrected chi connectivity index (χ4v) is 4.18. The number of hydrogen-bond acceptors (Lipinski definition) is 3. The number of carbonyl (C=O) groups is 1. The molecule has 23 heavy (non-hydrogen) atoms. The van der Waals surface area contributed by atoms with Gasteiger partial charge in [0.2, 0.25) is 0 Å². The molecule has 5 nitrogen and oxygen atoms in total. The van der Waals surface area contributed by atoms with Crippen LogP contribution in [0.5, 0.6) is 0 Å². The largest absolute Gasteiger partial charge is 0.354 e. The van der Waals surface area contributed by atoms with Gasteiger partial charge in [-0.05, 0) is 52.1 Å². The Morgan fingerprint density at radius 3 is 2.57 bits per heavy atom. The summed E-state index contributed by atoms with van der Waals surface area (Å²) < 4.78 is 2.03. The van der Waals surface area contributed by atoms with Crippen molar-refractivity contribution in [1.29, 1.82) is 0 Å². The second kappa shape index (κ2) is 7.47. The predicted molar refractivity (Wildman–Crippen MR) is 91.8 cm³/mol. The number of aromatic nitrogens is 2. The van der Waals surface area contributed by atoms with E-state index in [4.69, 9.17) is 0 Å². The van der Waals surface area contributed by atoms with Gasteiger partial charge in [-0.25, -0.2) is 0 Å². The van der Waals surface area contributed by atoms with Crippen LogP contribution in [0.2, 0.25) is 0 Å². The monoisotopic (exact) mass is 318 g/mol. The smallest absolute Gasteiger partial charge is 0.271 e. The second-order valence-electron chi connectivity index (χ2n) is 6.87. The number of aryl methyl sites for hydroxylation is 1. The molecule has 1 aliphatic heterocycles. The molecule has 1 N–H and O–H groups in total. The number of nitrogens with zero attached hydrogens (tertiary/aromatic N) is 3. The van der Waals surface area contributed by atoms with Gasteiger partial charge in [0.25, 0.3) is 5.91 Å². The van der Waals surface area contributed by atoms with Crippen molar-refractivity contribution in [3.8, 4) is 0 Å². The molecule has 1 atom stereocenters. The SMILES string of the molecule is CCn1nc(C(=O)NC)c2c1CCC(N1CCCCCCC1)C2. The van der Waals surface area contributed by atoms with Crippen molar-refractivity contribution in [2.75, 3.05) is 20.1 Å². The van der Waals surface area contributed by atoms with Crippen LogP contribution in [0.1, 0.15) is 67.2 Å². The molecule has 1 aliphatic carbocycles. The first-order valence-electron chi connectivity index (χ1n) is 9.29. The van der Waals surface area contributed by atoms with E-state index >= 15 is 0 Å². The summed E-state index contributed by atoms with van der Waals surface area (Å²) in [6.45, 7) is 5.38. The van der Waals surface area contributed by atoms with Crippen LogP contribution in [0.4, 0.5) is 0 Å². The number of hydrogen-bond donors (Lipinski definition) is 1. The lowest BCUT2D eigenvalue weighted by Crippen LogP contribution is -2.41. The summed E-state index contributed by atoms with van der Waals surface area (Å²) in [4.78, 5) is 14.9. The number of carbonyl (C=O) groups excluding carboxylic acids is 1. The Morgan fingerprint density at radius 1 is 1.22 bits per heavy atom. The molecule has 128 valence electrons. The van der Waals surface area contributed by atoms with Gasteiger partial charge in [-0.2, -0.15) is 5.10 Å². The Balaban J connectivity index is 1.81. The van der Waals surface area contributed by atoms with Gasteiger partial charge < -0.3 is 10.2 Å². The topological polar surface area (TPSA) is 50.2 Å². The lowest BCUT2D eigenvalue weighted by Gasteiger charge is -2.35. The van der Waals surface area contributed by atoms with Crippen LogP contribution in [0.15, 0.2) is 0 Å². The van der Waals surface area contributed by atoms with Crippen LogP contribution in [0.3, 0.4) is 0 Å². The molecule has 1 amide bonds. The molecule has 1 aromatic rings. The molecule has 0 saturated carbocycles. The average molecular weight is 318 g/mol. The molecular formula is C18H30N4O. The number of amides is 1. The predicted octanol–water partition coefficient (Wildman–Crippen LogP) is 2.39. The van der Waals surface area contributed by atoms with E-state index in [1.165, 1.54) is 62.9 Å². The summed E-state index contributed by atoms with van der Waals surface area (Å²) in [6.07, 6.45) is 10.0. The highest BCUT2D eigenvalue weighted by atomic mass is 16.1. The first kappa shape index (κ1) is 16.5. The number of fused-ring (bicyclic) bond motifs is 1.